The van der Waals surface area contributed by atoms with Crippen molar-refractivity contribution in [1.29, 1.82) is 0 Å². The zero-order valence-corrected chi connectivity index (χ0v) is 11.0. The van der Waals surface area contributed by atoms with E-state index in [0.29, 0.717) is 22.1 Å². The molecular weight excluding hydrogens is 275 g/mol. The number of carbonyl (C=O) groups excluding carboxylic acids is 1. The van der Waals surface area contributed by atoms with Gasteiger partial charge >= 0.3 is 6.18 Å². The van der Waals surface area contributed by atoms with Crippen LogP contribution in [0.5, 0.6) is 0 Å². The molecule has 2 aromatic heterocycles. The summed E-state index contributed by atoms with van der Waals surface area (Å²) < 4.78 is 40.0. The number of amides is 1. The average molecular weight is 287 g/mol. The molecule has 20 heavy (non-hydrogen) atoms. The largest absolute Gasteiger partial charge is 0.433 e. The fraction of sp³-hybridized carbons (Fsp3) is 0.364. The Bertz CT molecular complexity index is 656. The van der Waals surface area contributed by atoms with Crippen LogP contribution in [-0.2, 0) is 20.3 Å². The third kappa shape index (κ3) is 2.51. The van der Waals surface area contributed by atoms with Crippen LogP contribution in [0.3, 0.4) is 0 Å². The number of anilines is 1. The van der Waals surface area contributed by atoms with E-state index in [1.54, 1.807) is 14.0 Å². The van der Waals surface area contributed by atoms with Crippen LogP contribution < -0.4 is 5.32 Å². The Morgan fingerprint density at radius 2 is 1.95 bits per heavy atom. The molecule has 2 aromatic rings. The summed E-state index contributed by atoms with van der Waals surface area (Å²) in [5, 5.41) is 9.96. The number of nitrogens with one attached hydrogen (secondary N) is 1. The van der Waals surface area contributed by atoms with E-state index in [1.807, 2.05) is 0 Å². The highest BCUT2D eigenvalue weighted by Gasteiger charge is 2.35. The molecule has 0 aliphatic heterocycles. The summed E-state index contributed by atoms with van der Waals surface area (Å²) in [6.45, 7) is 1.72. The van der Waals surface area contributed by atoms with Crippen molar-refractivity contribution in [2.45, 2.75) is 13.1 Å². The van der Waals surface area contributed by atoms with E-state index in [2.05, 4.69) is 15.5 Å². The Morgan fingerprint density at radius 1 is 1.30 bits per heavy atom. The van der Waals surface area contributed by atoms with Gasteiger partial charge in [0.15, 0.2) is 5.69 Å². The van der Waals surface area contributed by atoms with Gasteiger partial charge in [0.05, 0.1) is 17.6 Å². The number of carbonyl (C=O) groups is 1. The van der Waals surface area contributed by atoms with Crippen LogP contribution in [0.15, 0.2) is 12.3 Å². The van der Waals surface area contributed by atoms with Gasteiger partial charge in [0.25, 0.3) is 5.91 Å². The van der Waals surface area contributed by atoms with Crippen LogP contribution >= 0.6 is 0 Å². The minimum Gasteiger partial charge on any atom is -0.318 e. The first-order chi connectivity index (χ1) is 9.20. The maximum atomic E-state index is 12.6. The number of rotatable bonds is 2. The fourth-order valence-electron chi connectivity index (χ4n) is 1.65. The first kappa shape index (κ1) is 14.1. The van der Waals surface area contributed by atoms with E-state index in [4.69, 9.17) is 0 Å². The van der Waals surface area contributed by atoms with E-state index < -0.39 is 17.8 Å². The zero-order chi connectivity index (χ0) is 15.1. The molecule has 0 aliphatic carbocycles. The molecule has 1 amide bonds. The lowest BCUT2D eigenvalue weighted by molar-refractivity contribution is -0.143. The summed E-state index contributed by atoms with van der Waals surface area (Å²) >= 11 is 0. The van der Waals surface area contributed by atoms with Crippen LogP contribution in [0.4, 0.5) is 18.9 Å². The Hall–Kier alpha value is -2.32. The molecule has 108 valence electrons. The molecule has 0 fully saturated rings. The molecule has 2 rings (SSSR count). The second-order valence-corrected chi connectivity index (χ2v) is 4.26. The normalized spacial score (nSPS) is 11.7. The number of hydrogen-bond donors (Lipinski definition) is 1. The van der Waals surface area contributed by atoms with Crippen LogP contribution in [0.1, 0.15) is 21.9 Å². The predicted octanol–water partition coefficient (Wildman–Crippen LogP) is 1.73. The lowest BCUT2D eigenvalue weighted by Gasteiger charge is -2.04. The zero-order valence-electron chi connectivity index (χ0n) is 11.0. The lowest BCUT2D eigenvalue weighted by Crippen LogP contribution is -2.13. The number of halogens is 3. The van der Waals surface area contributed by atoms with Crippen molar-refractivity contribution in [1.82, 2.24) is 19.6 Å². The van der Waals surface area contributed by atoms with Gasteiger partial charge in [-0.05, 0) is 6.92 Å². The van der Waals surface area contributed by atoms with E-state index in [9.17, 15) is 18.0 Å². The van der Waals surface area contributed by atoms with E-state index in [0.717, 1.165) is 7.05 Å². The van der Waals surface area contributed by atoms with Crippen molar-refractivity contribution < 1.29 is 18.0 Å². The molecular formula is C11H12F3N5O. The molecule has 0 spiro atoms. The van der Waals surface area contributed by atoms with Crippen molar-refractivity contribution in [3.8, 4) is 0 Å². The minimum atomic E-state index is -4.55. The molecule has 0 saturated heterocycles. The molecule has 0 unspecified atom stereocenters. The van der Waals surface area contributed by atoms with Crippen molar-refractivity contribution >= 4 is 11.6 Å². The van der Waals surface area contributed by atoms with Gasteiger partial charge in [0.1, 0.15) is 5.69 Å². The Morgan fingerprint density at radius 3 is 2.40 bits per heavy atom. The Balaban J connectivity index is 2.24. The second-order valence-electron chi connectivity index (χ2n) is 4.26. The predicted molar refractivity (Wildman–Crippen MR) is 64.1 cm³/mol. The lowest BCUT2D eigenvalue weighted by atomic mass is 10.3. The van der Waals surface area contributed by atoms with Crippen molar-refractivity contribution in [2.24, 2.45) is 14.1 Å². The van der Waals surface area contributed by atoms with Crippen LogP contribution in [0.2, 0.25) is 0 Å². The van der Waals surface area contributed by atoms with Crippen LogP contribution in [0, 0.1) is 6.92 Å². The van der Waals surface area contributed by atoms with E-state index in [-0.39, 0.29) is 5.69 Å². The minimum absolute atomic E-state index is 0.303. The second kappa shape index (κ2) is 4.66. The average Bonchev–Trinajstić information content (AvgIpc) is 2.86. The number of hydrogen-bond acceptors (Lipinski definition) is 3. The number of alkyl halides is 3. The molecule has 9 heteroatoms. The van der Waals surface area contributed by atoms with Gasteiger partial charge in [0.2, 0.25) is 0 Å². The van der Waals surface area contributed by atoms with Gasteiger partial charge in [-0.1, -0.05) is 0 Å². The summed E-state index contributed by atoms with van der Waals surface area (Å²) in [6.07, 6.45) is -3.13. The first-order valence-corrected chi connectivity index (χ1v) is 5.61. The van der Waals surface area contributed by atoms with Crippen molar-refractivity contribution in [2.75, 3.05) is 5.32 Å². The topological polar surface area (TPSA) is 64.7 Å². The summed E-state index contributed by atoms with van der Waals surface area (Å²) in [5.41, 5.74) is -0.171. The molecule has 0 radical (unpaired) electrons. The molecule has 6 nitrogen and oxygen atoms in total. The Kier molecular flexibility index (Phi) is 3.28. The maximum Gasteiger partial charge on any atom is 0.433 e. The first-order valence-electron chi connectivity index (χ1n) is 5.61. The van der Waals surface area contributed by atoms with Gasteiger partial charge < -0.3 is 5.32 Å². The Labute approximate surface area is 112 Å². The van der Waals surface area contributed by atoms with Crippen molar-refractivity contribution in [3.05, 3.63) is 29.3 Å². The molecule has 1 N–H and O–H groups in total. The molecule has 0 aromatic carbocycles. The third-order valence-corrected chi connectivity index (χ3v) is 2.89. The number of nitrogens with zero attached hydrogens (tertiary/aromatic N) is 4. The van der Waals surface area contributed by atoms with Gasteiger partial charge in [-0.2, -0.15) is 23.4 Å². The monoisotopic (exact) mass is 287 g/mol. The van der Waals surface area contributed by atoms with E-state index >= 15 is 0 Å². The van der Waals surface area contributed by atoms with E-state index in [1.165, 1.54) is 10.9 Å². The summed E-state index contributed by atoms with van der Waals surface area (Å²) in [6, 6.07) is 0.709. The standard InChI is InChI=1S/C11H12F3N5O/c1-6-8(5-15-18(6)2)16-10(20)7-4-9(11(12,13)14)19(3)17-7/h4-5H,1-3H3,(H,16,20). The quantitative estimate of drug-likeness (QED) is 0.915. The third-order valence-electron chi connectivity index (χ3n) is 2.89. The molecule has 0 saturated carbocycles. The van der Waals surface area contributed by atoms with Gasteiger partial charge in [-0.15, -0.1) is 0 Å². The molecule has 2 heterocycles. The van der Waals surface area contributed by atoms with Gasteiger partial charge in [-0.3, -0.25) is 14.2 Å². The molecule has 0 bridgehead atoms. The molecule has 0 atom stereocenters. The van der Waals surface area contributed by atoms with Crippen LogP contribution in [0.25, 0.3) is 0 Å². The fourth-order valence-corrected chi connectivity index (χ4v) is 1.65. The summed E-state index contributed by atoms with van der Waals surface area (Å²) in [5.74, 6) is -0.716. The van der Waals surface area contributed by atoms with Crippen LogP contribution in [-0.4, -0.2) is 25.5 Å². The van der Waals surface area contributed by atoms with Gasteiger partial charge in [-0.25, -0.2) is 0 Å². The van der Waals surface area contributed by atoms with Gasteiger partial charge in [0, 0.05) is 20.2 Å². The highest BCUT2D eigenvalue weighted by Crippen LogP contribution is 2.29. The SMILES string of the molecule is Cc1c(NC(=O)c2cc(C(F)(F)F)n(C)n2)cnn1C. The summed E-state index contributed by atoms with van der Waals surface area (Å²) in [4.78, 5) is 11.9. The number of aromatic nitrogens is 4. The smallest absolute Gasteiger partial charge is 0.318 e. The number of aryl methyl sites for hydroxylation is 2. The maximum absolute atomic E-state index is 12.6. The highest BCUT2D eigenvalue weighted by molar-refractivity contribution is 6.03. The summed E-state index contributed by atoms with van der Waals surface area (Å²) in [7, 11) is 2.82. The van der Waals surface area contributed by atoms with Crippen molar-refractivity contribution in [3.63, 3.8) is 0 Å². The molecule has 0 aliphatic rings. The highest BCUT2D eigenvalue weighted by atomic mass is 19.4.